The van der Waals surface area contributed by atoms with E-state index >= 15 is 0 Å². The summed E-state index contributed by atoms with van der Waals surface area (Å²) < 4.78 is 5.61. The van der Waals surface area contributed by atoms with Crippen molar-refractivity contribution in [2.24, 2.45) is 0 Å². The fourth-order valence-corrected chi connectivity index (χ4v) is 2.52. The summed E-state index contributed by atoms with van der Waals surface area (Å²) in [6, 6.07) is 12.3. The highest BCUT2D eigenvalue weighted by molar-refractivity contribution is 7.09. The summed E-state index contributed by atoms with van der Waals surface area (Å²) in [4.78, 5) is 1.38. The molecule has 0 saturated carbocycles. The number of ether oxygens (including phenoxy) is 1. The lowest BCUT2D eigenvalue weighted by Gasteiger charge is -2.11. The average Bonchev–Trinajstić information content (AvgIpc) is 2.93. The van der Waals surface area contributed by atoms with Crippen LogP contribution in [0.1, 0.15) is 18.7 Å². The maximum absolute atomic E-state index is 5.61. The fourth-order valence-electron chi connectivity index (χ4n) is 1.84. The smallest absolute Gasteiger partial charge is 0.119 e. The second-order valence-corrected chi connectivity index (χ2v) is 5.91. The topological polar surface area (TPSA) is 33.3 Å². The number of hydrogen-bond donors (Lipinski definition) is 2. The Morgan fingerprint density at radius 2 is 1.90 bits per heavy atom. The summed E-state index contributed by atoms with van der Waals surface area (Å²) >= 11 is 1.79. The molecule has 0 unspecified atom stereocenters. The van der Waals surface area contributed by atoms with Crippen LogP contribution in [0.3, 0.4) is 0 Å². The first-order valence-corrected chi connectivity index (χ1v) is 7.85. The van der Waals surface area contributed by atoms with Crippen LogP contribution >= 0.6 is 11.3 Å². The van der Waals surface area contributed by atoms with Crippen molar-refractivity contribution < 1.29 is 4.74 Å². The van der Waals surface area contributed by atoms with Gasteiger partial charge in [0.1, 0.15) is 5.75 Å². The Morgan fingerprint density at radius 3 is 2.55 bits per heavy atom. The van der Waals surface area contributed by atoms with Crippen molar-refractivity contribution in [1.29, 1.82) is 0 Å². The highest BCUT2D eigenvalue weighted by Gasteiger charge is 1.98. The van der Waals surface area contributed by atoms with Crippen LogP contribution in [0, 0.1) is 0 Å². The van der Waals surface area contributed by atoms with E-state index in [-0.39, 0.29) is 6.10 Å². The van der Waals surface area contributed by atoms with Crippen LogP contribution in [0.2, 0.25) is 0 Å². The molecule has 0 atom stereocenters. The van der Waals surface area contributed by atoms with E-state index in [2.05, 4.69) is 40.3 Å². The minimum atomic E-state index is 0.218. The zero-order chi connectivity index (χ0) is 14.2. The van der Waals surface area contributed by atoms with Gasteiger partial charge in [0.2, 0.25) is 0 Å². The molecule has 1 aromatic heterocycles. The molecule has 0 amide bonds. The van der Waals surface area contributed by atoms with E-state index in [1.165, 1.54) is 4.88 Å². The second kappa shape index (κ2) is 7.92. The van der Waals surface area contributed by atoms with E-state index in [4.69, 9.17) is 4.74 Å². The monoisotopic (exact) mass is 290 g/mol. The molecular formula is C16H22N2OS. The average molecular weight is 290 g/mol. The van der Waals surface area contributed by atoms with E-state index < -0.39 is 0 Å². The number of thiophene rings is 1. The zero-order valence-electron chi connectivity index (χ0n) is 12.1. The van der Waals surface area contributed by atoms with Gasteiger partial charge in [-0.25, -0.2) is 0 Å². The number of benzene rings is 1. The first kappa shape index (κ1) is 14.9. The fraction of sp³-hybridized carbons (Fsp3) is 0.375. The summed E-state index contributed by atoms with van der Waals surface area (Å²) in [5.41, 5.74) is 1.12. The summed E-state index contributed by atoms with van der Waals surface area (Å²) in [5.74, 6) is 0.918. The summed E-state index contributed by atoms with van der Waals surface area (Å²) in [5, 5.41) is 8.92. The number of nitrogens with one attached hydrogen (secondary N) is 2. The molecule has 0 aliphatic heterocycles. The predicted octanol–water partition coefficient (Wildman–Crippen LogP) is 3.74. The Bertz CT molecular complexity index is 480. The lowest BCUT2D eigenvalue weighted by molar-refractivity contribution is 0.242. The molecule has 4 heteroatoms. The standard InChI is InChI=1S/C16H22N2OS/c1-13(2)19-15-7-5-14(6-8-15)18-10-9-17-12-16-4-3-11-20-16/h3-8,11,13,17-18H,9-10,12H2,1-2H3. The normalized spacial score (nSPS) is 10.8. The SMILES string of the molecule is CC(C)Oc1ccc(NCCNCc2cccs2)cc1. The second-order valence-electron chi connectivity index (χ2n) is 4.87. The van der Waals surface area contributed by atoms with Gasteiger partial charge in [-0.15, -0.1) is 11.3 Å². The maximum atomic E-state index is 5.61. The first-order valence-electron chi connectivity index (χ1n) is 6.98. The van der Waals surface area contributed by atoms with Crippen LogP contribution in [0.4, 0.5) is 5.69 Å². The van der Waals surface area contributed by atoms with E-state index in [0.717, 1.165) is 31.1 Å². The molecule has 2 rings (SSSR count). The van der Waals surface area contributed by atoms with Gasteiger partial charge in [0, 0.05) is 30.2 Å². The molecule has 20 heavy (non-hydrogen) atoms. The lowest BCUT2D eigenvalue weighted by atomic mass is 10.3. The van der Waals surface area contributed by atoms with E-state index in [0.29, 0.717) is 0 Å². The predicted molar refractivity (Wildman–Crippen MR) is 86.7 cm³/mol. The van der Waals surface area contributed by atoms with Gasteiger partial charge in [0.25, 0.3) is 0 Å². The molecule has 0 aliphatic carbocycles. The zero-order valence-corrected chi connectivity index (χ0v) is 12.9. The van der Waals surface area contributed by atoms with Crippen LogP contribution < -0.4 is 15.4 Å². The quantitative estimate of drug-likeness (QED) is 0.727. The van der Waals surface area contributed by atoms with E-state index in [1.807, 2.05) is 26.0 Å². The van der Waals surface area contributed by atoms with Crippen molar-refractivity contribution in [1.82, 2.24) is 5.32 Å². The van der Waals surface area contributed by atoms with Crippen LogP contribution in [0.15, 0.2) is 41.8 Å². The van der Waals surface area contributed by atoms with Crippen LogP contribution in [0.5, 0.6) is 5.75 Å². The molecule has 0 bridgehead atoms. The van der Waals surface area contributed by atoms with Gasteiger partial charge in [-0.2, -0.15) is 0 Å². The van der Waals surface area contributed by atoms with Crippen molar-refractivity contribution in [3.8, 4) is 5.75 Å². The Kier molecular flexibility index (Phi) is 5.89. The molecular weight excluding hydrogens is 268 g/mol. The lowest BCUT2D eigenvalue weighted by Crippen LogP contribution is -2.21. The van der Waals surface area contributed by atoms with Gasteiger partial charge < -0.3 is 15.4 Å². The van der Waals surface area contributed by atoms with Crippen molar-refractivity contribution in [3.05, 3.63) is 46.7 Å². The van der Waals surface area contributed by atoms with Crippen LogP contribution in [-0.2, 0) is 6.54 Å². The maximum Gasteiger partial charge on any atom is 0.119 e. The molecule has 0 aliphatic rings. The Morgan fingerprint density at radius 1 is 1.10 bits per heavy atom. The Balaban J connectivity index is 1.64. The molecule has 0 spiro atoms. The Labute approximate surface area is 125 Å². The largest absolute Gasteiger partial charge is 0.491 e. The molecule has 1 heterocycles. The molecule has 3 nitrogen and oxygen atoms in total. The van der Waals surface area contributed by atoms with Crippen LogP contribution in [-0.4, -0.2) is 19.2 Å². The third-order valence-corrected chi connectivity index (χ3v) is 3.61. The Hall–Kier alpha value is -1.52. The van der Waals surface area contributed by atoms with Crippen molar-refractivity contribution in [3.63, 3.8) is 0 Å². The number of rotatable bonds is 8. The third-order valence-electron chi connectivity index (χ3n) is 2.74. The molecule has 2 aromatic rings. The molecule has 108 valence electrons. The van der Waals surface area contributed by atoms with Crippen molar-refractivity contribution in [2.75, 3.05) is 18.4 Å². The van der Waals surface area contributed by atoms with E-state index in [1.54, 1.807) is 11.3 Å². The van der Waals surface area contributed by atoms with Crippen LogP contribution in [0.25, 0.3) is 0 Å². The molecule has 0 radical (unpaired) electrons. The minimum absolute atomic E-state index is 0.218. The van der Waals surface area contributed by atoms with Gasteiger partial charge in [-0.1, -0.05) is 6.07 Å². The molecule has 0 saturated heterocycles. The first-order chi connectivity index (χ1) is 9.74. The third kappa shape index (κ3) is 5.23. The molecule has 0 fully saturated rings. The summed E-state index contributed by atoms with van der Waals surface area (Å²) in [7, 11) is 0. The van der Waals surface area contributed by atoms with Gasteiger partial charge in [0.15, 0.2) is 0 Å². The van der Waals surface area contributed by atoms with Gasteiger partial charge in [0.05, 0.1) is 6.10 Å². The van der Waals surface area contributed by atoms with Gasteiger partial charge in [-0.05, 0) is 49.6 Å². The molecule has 1 aromatic carbocycles. The number of hydrogen-bond acceptors (Lipinski definition) is 4. The van der Waals surface area contributed by atoms with E-state index in [9.17, 15) is 0 Å². The number of anilines is 1. The summed E-state index contributed by atoms with van der Waals surface area (Å²) in [6.07, 6.45) is 0.218. The van der Waals surface area contributed by atoms with Gasteiger partial charge >= 0.3 is 0 Å². The highest BCUT2D eigenvalue weighted by Crippen LogP contribution is 2.16. The van der Waals surface area contributed by atoms with Crippen molar-refractivity contribution >= 4 is 17.0 Å². The van der Waals surface area contributed by atoms with Crippen molar-refractivity contribution in [2.45, 2.75) is 26.5 Å². The summed E-state index contributed by atoms with van der Waals surface area (Å²) in [6.45, 7) is 6.87. The molecule has 2 N–H and O–H groups in total. The minimum Gasteiger partial charge on any atom is -0.491 e. The highest BCUT2D eigenvalue weighted by atomic mass is 32.1. The van der Waals surface area contributed by atoms with Gasteiger partial charge in [-0.3, -0.25) is 0 Å².